The molecular formula is C29H28O8. The molecule has 2 unspecified atom stereocenters. The van der Waals surface area contributed by atoms with Gasteiger partial charge in [0, 0.05) is 12.8 Å². The van der Waals surface area contributed by atoms with Crippen LogP contribution in [0.2, 0.25) is 0 Å². The van der Waals surface area contributed by atoms with Crippen molar-refractivity contribution in [1.29, 1.82) is 0 Å². The van der Waals surface area contributed by atoms with Crippen LogP contribution in [0, 0.1) is 11.8 Å². The zero-order valence-electron chi connectivity index (χ0n) is 21.2. The van der Waals surface area contributed by atoms with Gasteiger partial charge in [0.2, 0.25) is 0 Å². The van der Waals surface area contributed by atoms with Crippen molar-refractivity contribution in [3.63, 3.8) is 0 Å². The minimum Gasteiger partial charge on any atom is -0.466 e. The summed E-state index contributed by atoms with van der Waals surface area (Å²) in [4.78, 5) is 47.1. The van der Waals surface area contributed by atoms with Crippen molar-refractivity contribution in [2.24, 2.45) is 11.8 Å². The number of carbonyl (C=O) groups is 4. The summed E-state index contributed by atoms with van der Waals surface area (Å²) in [6.45, 7) is 0. The summed E-state index contributed by atoms with van der Waals surface area (Å²) in [5, 5.41) is 1.73. The average Bonchev–Trinajstić information content (AvgIpc) is 3.57. The molecule has 2 aromatic rings. The predicted molar refractivity (Wildman–Crippen MR) is 135 cm³/mol. The van der Waals surface area contributed by atoms with Crippen LogP contribution in [-0.2, 0) is 28.5 Å². The van der Waals surface area contributed by atoms with E-state index in [2.05, 4.69) is 21.6 Å². The first-order valence-corrected chi connectivity index (χ1v) is 11.8. The maximum absolute atomic E-state index is 11.9. The number of hydrogen-bond acceptors (Lipinski definition) is 8. The van der Waals surface area contributed by atoms with Gasteiger partial charge in [0.05, 0.1) is 50.7 Å². The second-order valence-corrected chi connectivity index (χ2v) is 8.91. The molecule has 0 fully saturated rings. The molecule has 2 bridgehead atoms. The SMILES string of the molecule is COC(=O)C1=C(C(=O)OC)CC2=C(C1)C1C=CC2C1.COC(=O)c1cc2ccccc2cc1C(=O)OC. The van der Waals surface area contributed by atoms with Gasteiger partial charge in [-0.25, -0.2) is 19.2 Å². The van der Waals surface area contributed by atoms with Gasteiger partial charge in [0.1, 0.15) is 0 Å². The van der Waals surface area contributed by atoms with Crippen LogP contribution in [0.4, 0.5) is 0 Å². The van der Waals surface area contributed by atoms with E-state index in [0.29, 0.717) is 35.8 Å². The zero-order chi connectivity index (χ0) is 26.7. The lowest BCUT2D eigenvalue weighted by Gasteiger charge is -2.24. The second-order valence-electron chi connectivity index (χ2n) is 8.91. The van der Waals surface area contributed by atoms with Crippen LogP contribution in [-0.4, -0.2) is 52.3 Å². The summed E-state index contributed by atoms with van der Waals surface area (Å²) in [5.41, 5.74) is 3.97. The Morgan fingerprint density at radius 1 is 0.622 bits per heavy atom. The molecule has 0 amide bonds. The molecule has 8 nitrogen and oxygen atoms in total. The number of methoxy groups -OCH3 is 4. The third-order valence-electron chi connectivity index (χ3n) is 7.05. The Morgan fingerprint density at radius 3 is 1.35 bits per heavy atom. The van der Waals surface area contributed by atoms with Crippen molar-refractivity contribution in [3.05, 3.63) is 82.0 Å². The fourth-order valence-corrected chi connectivity index (χ4v) is 5.21. The fraction of sp³-hybridized carbons (Fsp3) is 0.310. The highest BCUT2D eigenvalue weighted by Crippen LogP contribution is 2.51. The molecule has 0 aliphatic heterocycles. The van der Waals surface area contributed by atoms with Gasteiger partial charge < -0.3 is 18.9 Å². The molecule has 8 heteroatoms. The fourth-order valence-electron chi connectivity index (χ4n) is 5.21. The smallest absolute Gasteiger partial charge is 0.338 e. The van der Waals surface area contributed by atoms with Gasteiger partial charge in [0.15, 0.2) is 0 Å². The van der Waals surface area contributed by atoms with Crippen LogP contribution in [0.25, 0.3) is 10.8 Å². The van der Waals surface area contributed by atoms with Gasteiger partial charge in [-0.05, 0) is 41.2 Å². The molecule has 0 saturated carbocycles. The molecule has 0 radical (unpaired) electrons. The van der Waals surface area contributed by atoms with Crippen molar-refractivity contribution in [3.8, 4) is 0 Å². The van der Waals surface area contributed by atoms with Crippen molar-refractivity contribution in [1.82, 2.24) is 0 Å². The normalized spacial score (nSPS) is 19.1. The molecule has 0 heterocycles. The molecule has 3 aliphatic rings. The summed E-state index contributed by atoms with van der Waals surface area (Å²) < 4.78 is 18.9. The quantitative estimate of drug-likeness (QED) is 0.344. The van der Waals surface area contributed by atoms with Crippen LogP contribution in [0.15, 0.2) is 70.8 Å². The van der Waals surface area contributed by atoms with Crippen molar-refractivity contribution in [2.75, 3.05) is 28.4 Å². The summed E-state index contributed by atoms with van der Waals surface area (Å²) >= 11 is 0. The molecule has 0 N–H and O–H groups in total. The van der Waals surface area contributed by atoms with E-state index in [4.69, 9.17) is 9.47 Å². The Kier molecular flexibility index (Phi) is 7.57. The number of allylic oxidation sites excluding steroid dienone is 4. The minimum atomic E-state index is -0.554. The number of hydrogen-bond donors (Lipinski definition) is 0. The second kappa shape index (κ2) is 10.8. The Balaban J connectivity index is 0.000000173. The largest absolute Gasteiger partial charge is 0.466 e. The third kappa shape index (κ3) is 4.91. The van der Waals surface area contributed by atoms with E-state index in [1.807, 2.05) is 24.3 Å². The third-order valence-corrected chi connectivity index (χ3v) is 7.05. The van der Waals surface area contributed by atoms with Crippen LogP contribution in [0.1, 0.15) is 40.0 Å². The summed E-state index contributed by atoms with van der Waals surface area (Å²) in [6, 6.07) is 10.7. The zero-order valence-corrected chi connectivity index (χ0v) is 21.2. The Bertz CT molecular complexity index is 1280. The number of esters is 4. The highest BCUT2D eigenvalue weighted by molar-refractivity contribution is 6.07. The standard InChI is InChI=1S/C15H16O4.C14H12O4/c1-18-14(16)12-6-10-8-3-4-9(5-8)11(10)7-13(12)15(17)19-2;1-17-13(15)11-7-9-5-3-4-6-10(9)8-12(11)14(16)18-2/h3-4,8-9H,5-7H2,1-2H3;3-8H,1-2H3. The lowest BCUT2D eigenvalue weighted by molar-refractivity contribution is -0.139. The van der Waals surface area contributed by atoms with E-state index in [1.165, 1.54) is 39.6 Å². The molecule has 2 aromatic carbocycles. The summed E-state index contributed by atoms with van der Waals surface area (Å²) in [5.74, 6) is -1.06. The van der Waals surface area contributed by atoms with Crippen molar-refractivity contribution >= 4 is 34.6 Å². The maximum Gasteiger partial charge on any atom is 0.338 e. The molecule has 37 heavy (non-hydrogen) atoms. The monoisotopic (exact) mass is 504 g/mol. The van der Waals surface area contributed by atoms with E-state index >= 15 is 0 Å². The Hall–Kier alpha value is -4.20. The van der Waals surface area contributed by atoms with Crippen LogP contribution < -0.4 is 0 Å². The topological polar surface area (TPSA) is 105 Å². The van der Waals surface area contributed by atoms with E-state index in [1.54, 1.807) is 12.1 Å². The van der Waals surface area contributed by atoms with Gasteiger partial charge >= 0.3 is 23.9 Å². The van der Waals surface area contributed by atoms with Crippen LogP contribution in [0.5, 0.6) is 0 Å². The van der Waals surface area contributed by atoms with Gasteiger partial charge in [-0.3, -0.25) is 0 Å². The minimum absolute atomic E-state index is 0.211. The van der Waals surface area contributed by atoms with E-state index in [0.717, 1.165) is 17.2 Å². The first kappa shape index (κ1) is 25.9. The number of ether oxygens (including phenoxy) is 4. The maximum atomic E-state index is 11.9. The van der Waals surface area contributed by atoms with Crippen molar-refractivity contribution < 1.29 is 38.1 Å². The molecule has 2 atom stereocenters. The predicted octanol–water partition coefficient (Wildman–Crippen LogP) is 4.34. The van der Waals surface area contributed by atoms with E-state index in [-0.39, 0.29) is 11.1 Å². The number of carbonyl (C=O) groups excluding carboxylic acids is 4. The van der Waals surface area contributed by atoms with E-state index in [9.17, 15) is 19.2 Å². The average molecular weight is 505 g/mol. The van der Waals surface area contributed by atoms with Gasteiger partial charge in [-0.2, -0.15) is 0 Å². The first-order chi connectivity index (χ1) is 17.8. The molecular weight excluding hydrogens is 476 g/mol. The Morgan fingerprint density at radius 2 is 1.00 bits per heavy atom. The molecule has 0 saturated heterocycles. The highest BCUT2D eigenvalue weighted by atomic mass is 16.5. The van der Waals surface area contributed by atoms with Crippen LogP contribution >= 0.6 is 0 Å². The van der Waals surface area contributed by atoms with Gasteiger partial charge in [-0.15, -0.1) is 0 Å². The molecule has 0 aromatic heterocycles. The van der Waals surface area contributed by atoms with Gasteiger partial charge in [0.25, 0.3) is 0 Å². The Labute approximate surface area is 214 Å². The highest BCUT2D eigenvalue weighted by Gasteiger charge is 2.41. The summed E-state index contributed by atoms with van der Waals surface area (Å²) in [6.07, 6.45) is 6.56. The molecule has 3 aliphatic carbocycles. The lowest BCUT2D eigenvalue weighted by atomic mass is 9.81. The molecule has 0 spiro atoms. The molecule has 192 valence electrons. The van der Waals surface area contributed by atoms with E-state index < -0.39 is 23.9 Å². The number of fused-ring (bicyclic) bond motifs is 5. The summed E-state index contributed by atoms with van der Waals surface area (Å²) in [7, 11) is 5.24. The van der Waals surface area contributed by atoms with Crippen molar-refractivity contribution in [2.45, 2.75) is 19.3 Å². The number of rotatable bonds is 4. The number of benzene rings is 2. The first-order valence-electron chi connectivity index (χ1n) is 11.8. The molecule has 5 rings (SSSR count). The van der Waals surface area contributed by atoms with Crippen LogP contribution in [0.3, 0.4) is 0 Å². The lowest BCUT2D eigenvalue weighted by Crippen LogP contribution is -2.21. The van der Waals surface area contributed by atoms with Gasteiger partial charge in [-0.1, -0.05) is 47.6 Å².